The van der Waals surface area contributed by atoms with Crippen LogP contribution in [-0.2, 0) is 0 Å². The number of rotatable bonds is 3. The molecule has 3 rings (SSSR count). The summed E-state index contributed by atoms with van der Waals surface area (Å²) in [6.45, 7) is 0. The summed E-state index contributed by atoms with van der Waals surface area (Å²) in [6, 6.07) is 7.60. The molecule has 0 aliphatic heterocycles. The van der Waals surface area contributed by atoms with E-state index in [-0.39, 0.29) is 0 Å². The molecule has 3 aromatic heterocycles. The summed E-state index contributed by atoms with van der Waals surface area (Å²) in [4.78, 5) is 1.09. The number of hydrogen-bond donors (Lipinski definition) is 1. The van der Waals surface area contributed by atoms with Crippen molar-refractivity contribution in [3.8, 4) is 0 Å². The Kier molecular flexibility index (Phi) is 2.51. The molecule has 17 heavy (non-hydrogen) atoms. The van der Waals surface area contributed by atoms with Gasteiger partial charge in [0, 0.05) is 4.88 Å². The Labute approximate surface area is 101 Å². The zero-order valence-corrected chi connectivity index (χ0v) is 9.50. The van der Waals surface area contributed by atoms with Crippen molar-refractivity contribution in [2.24, 2.45) is 5.10 Å². The van der Waals surface area contributed by atoms with Gasteiger partial charge < -0.3 is 0 Å². The highest BCUT2D eigenvalue weighted by atomic mass is 32.1. The van der Waals surface area contributed by atoms with E-state index >= 15 is 0 Å². The van der Waals surface area contributed by atoms with Crippen molar-refractivity contribution in [2.75, 3.05) is 5.43 Å². The Hall–Kier alpha value is -2.28. The van der Waals surface area contributed by atoms with Crippen LogP contribution in [0.1, 0.15) is 4.88 Å². The number of thiophene rings is 1. The number of aromatic nitrogens is 4. The Morgan fingerprint density at radius 1 is 1.35 bits per heavy atom. The predicted molar refractivity (Wildman–Crippen MR) is 66.3 cm³/mol. The third-order valence-corrected chi connectivity index (χ3v) is 2.88. The fourth-order valence-corrected chi connectivity index (χ4v) is 1.90. The van der Waals surface area contributed by atoms with E-state index in [0.29, 0.717) is 11.5 Å². The van der Waals surface area contributed by atoms with E-state index in [2.05, 4.69) is 25.8 Å². The second kappa shape index (κ2) is 4.30. The molecule has 0 aliphatic carbocycles. The molecule has 0 spiro atoms. The van der Waals surface area contributed by atoms with Gasteiger partial charge in [-0.05, 0) is 23.6 Å². The first kappa shape index (κ1) is 9.91. The molecule has 3 heterocycles. The summed E-state index contributed by atoms with van der Waals surface area (Å²) in [5, 5.41) is 17.9. The summed E-state index contributed by atoms with van der Waals surface area (Å²) >= 11 is 1.63. The van der Waals surface area contributed by atoms with Crippen molar-refractivity contribution in [1.29, 1.82) is 0 Å². The average Bonchev–Trinajstić information content (AvgIpc) is 2.98. The third-order valence-electron chi connectivity index (χ3n) is 2.08. The smallest absolute Gasteiger partial charge is 0.177 e. The topological polar surface area (TPSA) is 67.5 Å². The maximum Gasteiger partial charge on any atom is 0.177 e. The molecule has 0 bridgehead atoms. The molecular formula is C10H8N6S. The molecule has 0 saturated carbocycles. The van der Waals surface area contributed by atoms with Gasteiger partial charge in [0.05, 0.1) is 6.21 Å². The van der Waals surface area contributed by atoms with E-state index in [4.69, 9.17) is 0 Å². The van der Waals surface area contributed by atoms with Crippen LogP contribution >= 0.6 is 11.3 Å². The highest BCUT2D eigenvalue weighted by Gasteiger charge is 1.97. The Morgan fingerprint density at radius 3 is 3.24 bits per heavy atom. The second-order valence-electron chi connectivity index (χ2n) is 3.24. The Morgan fingerprint density at radius 2 is 2.35 bits per heavy atom. The third kappa shape index (κ3) is 2.13. The fourth-order valence-electron chi connectivity index (χ4n) is 1.31. The molecule has 0 aliphatic rings. The predicted octanol–water partition coefficient (Wildman–Crippen LogP) is 1.63. The van der Waals surface area contributed by atoms with E-state index in [0.717, 1.165) is 4.88 Å². The fraction of sp³-hybridized carbons (Fsp3) is 0. The Bertz CT molecular complexity index is 642. The van der Waals surface area contributed by atoms with Gasteiger partial charge in [-0.2, -0.15) is 9.62 Å². The molecule has 3 aromatic rings. The summed E-state index contributed by atoms with van der Waals surface area (Å²) < 4.78 is 1.59. The molecule has 1 N–H and O–H groups in total. The number of fused-ring (bicyclic) bond motifs is 1. The molecule has 0 radical (unpaired) electrons. The second-order valence-corrected chi connectivity index (χ2v) is 4.22. The maximum atomic E-state index is 4.22. The number of hydrazone groups is 1. The number of hydrogen-bond acceptors (Lipinski definition) is 6. The van der Waals surface area contributed by atoms with Crippen LogP contribution in [0.25, 0.3) is 5.65 Å². The van der Waals surface area contributed by atoms with E-state index in [9.17, 15) is 0 Å². The van der Waals surface area contributed by atoms with Crippen molar-refractivity contribution >= 4 is 29.0 Å². The molecule has 0 atom stereocenters. The van der Waals surface area contributed by atoms with Crippen LogP contribution in [0.3, 0.4) is 0 Å². The monoisotopic (exact) mass is 244 g/mol. The minimum atomic E-state index is 0.644. The molecule has 0 fully saturated rings. The lowest BCUT2D eigenvalue weighted by Crippen LogP contribution is -1.97. The van der Waals surface area contributed by atoms with Gasteiger partial charge in [0.2, 0.25) is 0 Å². The van der Waals surface area contributed by atoms with E-state index in [1.807, 2.05) is 23.6 Å². The minimum absolute atomic E-state index is 0.644. The summed E-state index contributed by atoms with van der Waals surface area (Å²) in [6.07, 6.45) is 3.30. The first-order chi connectivity index (χ1) is 8.42. The van der Waals surface area contributed by atoms with Gasteiger partial charge in [-0.25, -0.2) is 0 Å². The number of nitrogens with one attached hydrogen (secondary N) is 1. The average molecular weight is 244 g/mol. The van der Waals surface area contributed by atoms with Gasteiger partial charge in [0.1, 0.15) is 6.33 Å². The van der Waals surface area contributed by atoms with Gasteiger partial charge in [0.15, 0.2) is 11.5 Å². The maximum absolute atomic E-state index is 4.22. The summed E-state index contributed by atoms with van der Waals surface area (Å²) in [5.41, 5.74) is 3.56. The van der Waals surface area contributed by atoms with Crippen molar-refractivity contribution < 1.29 is 0 Å². The highest BCUT2D eigenvalue weighted by molar-refractivity contribution is 7.11. The van der Waals surface area contributed by atoms with E-state index < -0.39 is 0 Å². The normalized spacial score (nSPS) is 11.3. The van der Waals surface area contributed by atoms with Gasteiger partial charge in [0.25, 0.3) is 0 Å². The lowest BCUT2D eigenvalue weighted by atomic mass is 10.5. The lowest BCUT2D eigenvalue weighted by Gasteiger charge is -1.98. The summed E-state index contributed by atoms with van der Waals surface area (Å²) in [5.74, 6) is 0.644. The first-order valence-electron chi connectivity index (χ1n) is 4.91. The van der Waals surface area contributed by atoms with Gasteiger partial charge >= 0.3 is 0 Å². The van der Waals surface area contributed by atoms with Crippen LogP contribution in [0.5, 0.6) is 0 Å². The zero-order valence-electron chi connectivity index (χ0n) is 8.69. The SMILES string of the molecule is C(=NNc1ccc2nncn2n1)c1cccs1. The zero-order chi connectivity index (χ0) is 11.5. The molecule has 84 valence electrons. The van der Waals surface area contributed by atoms with Crippen LogP contribution in [0.4, 0.5) is 5.82 Å². The molecule has 0 amide bonds. The molecular weight excluding hydrogens is 236 g/mol. The van der Waals surface area contributed by atoms with Crippen LogP contribution in [0.15, 0.2) is 41.1 Å². The standard InChI is InChI=1S/C10H8N6S/c1-2-8(17-5-1)6-11-13-9-3-4-10-14-12-7-16(10)15-9/h1-7H,(H,13,15). The van der Waals surface area contributed by atoms with Gasteiger partial charge in [-0.1, -0.05) is 6.07 Å². The van der Waals surface area contributed by atoms with Crippen molar-refractivity contribution in [1.82, 2.24) is 19.8 Å². The first-order valence-corrected chi connectivity index (χ1v) is 5.79. The van der Waals surface area contributed by atoms with Crippen LogP contribution in [0, 0.1) is 0 Å². The van der Waals surface area contributed by atoms with Gasteiger partial charge in [-0.15, -0.1) is 26.6 Å². The molecule has 6 nitrogen and oxygen atoms in total. The number of anilines is 1. The van der Waals surface area contributed by atoms with Crippen LogP contribution in [0.2, 0.25) is 0 Å². The Balaban J connectivity index is 1.76. The van der Waals surface area contributed by atoms with Crippen LogP contribution in [-0.4, -0.2) is 26.0 Å². The quantitative estimate of drug-likeness (QED) is 0.561. The van der Waals surface area contributed by atoms with Gasteiger partial charge in [-0.3, -0.25) is 5.43 Å². The highest BCUT2D eigenvalue weighted by Crippen LogP contribution is 2.06. The molecule has 0 aromatic carbocycles. The van der Waals surface area contributed by atoms with E-state index in [1.165, 1.54) is 0 Å². The van der Waals surface area contributed by atoms with Crippen LogP contribution < -0.4 is 5.43 Å². The molecule has 0 unspecified atom stereocenters. The lowest BCUT2D eigenvalue weighted by molar-refractivity contribution is 0.925. The van der Waals surface area contributed by atoms with Crippen molar-refractivity contribution in [2.45, 2.75) is 0 Å². The van der Waals surface area contributed by atoms with E-state index in [1.54, 1.807) is 34.5 Å². The van der Waals surface area contributed by atoms with Crippen molar-refractivity contribution in [3.63, 3.8) is 0 Å². The van der Waals surface area contributed by atoms with Crippen molar-refractivity contribution in [3.05, 3.63) is 40.8 Å². The molecule has 0 saturated heterocycles. The largest absolute Gasteiger partial charge is 0.260 e. The molecule has 7 heteroatoms. The minimum Gasteiger partial charge on any atom is -0.260 e. The number of nitrogens with zero attached hydrogens (tertiary/aromatic N) is 5. The summed E-state index contributed by atoms with van der Waals surface area (Å²) in [7, 11) is 0.